The van der Waals surface area contributed by atoms with Gasteiger partial charge in [-0.2, -0.15) is 0 Å². The quantitative estimate of drug-likeness (QED) is 0.546. The van der Waals surface area contributed by atoms with Crippen molar-refractivity contribution in [2.45, 2.75) is 11.6 Å². The van der Waals surface area contributed by atoms with Crippen LogP contribution in [0.15, 0.2) is 78.9 Å². The average molecular weight is 393 g/mol. The highest BCUT2D eigenvalue weighted by Crippen LogP contribution is 2.41. The van der Waals surface area contributed by atoms with Gasteiger partial charge in [0.05, 0.1) is 33.5 Å². The lowest BCUT2D eigenvalue weighted by molar-refractivity contribution is -0.00198. The van der Waals surface area contributed by atoms with E-state index in [-0.39, 0.29) is 13.2 Å². The smallest absolute Gasteiger partial charge is 0.143 e. The summed E-state index contributed by atoms with van der Waals surface area (Å²) in [6.07, 6.45) is 0. The second-order valence-electron chi connectivity index (χ2n) is 6.76. The predicted octanol–water partition coefficient (Wildman–Crippen LogP) is 3.33. The topological polar surface area (TPSA) is 73.9 Å². The van der Waals surface area contributed by atoms with Crippen LogP contribution >= 0.6 is 0 Å². The van der Waals surface area contributed by atoms with E-state index < -0.39 is 11.6 Å². The van der Waals surface area contributed by atoms with Gasteiger partial charge in [-0.3, -0.25) is 0 Å². The molecule has 0 unspecified atom stereocenters. The molecule has 0 aliphatic rings. The van der Waals surface area contributed by atoms with Crippen molar-refractivity contribution < 1.29 is 19.3 Å². The molecule has 0 heterocycles. The van der Waals surface area contributed by atoms with Crippen LogP contribution in [0.25, 0.3) is 0 Å². The molecule has 5 heteroatoms. The number of hydrogen-bond acceptors (Lipinski definition) is 5. The normalized spacial score (nSPS) is 12.4. The lowest BCUT2D eigenvalue weighted by Crippen LogP contribution is -2.39. The molecule has 0 aliphatic heterocycles. The van der Waals surface area contributed by atoms with Gasteiger partial charge in [-0.05, 0) is 41.0 Å². The van der Waals surface area contributed by atoms with E-state index in [4.69, 9.17) is 19.9 Å². The number of aliphatic hydroxyl groups excluding tert-OH is 1. The summed E-state index contributed by atoms with van der Waals surface area (Å²) in [5.74, 6) is 1.52. The molecule has 0 radical (unpaired) electrons. The van der Waals surface area contributed by atoms with Gasteiger partial charge in [0.15, 0.2) is 0 Å². The first-order valence-corrected chi connectivity index (χ1v) is 9.49. The van der Waals surface area contributed by atoms with Crippen molar-refractivity contribution in [3.63, 3.8) is 0 Å². The molecular formula is C24H27NO4. The molecule has 152 valence electrons. The van der Waals surface area contributed by atoms with Gasteiger partial charge in [-0.15, -0.1) is 0 Å². The Morgan fingerprint density at radius 2 is 1.21 bits per heavy atom. The van der Waals surface area contributed by atoms with Crippen LogP contribution in [0, 0.1) is 0 Å². The van der Waals surface area contributed by atoms with E-state index in [0.717, 1.165) is 28.2 Å². The number of aliphatic hydroxyl groups is 1. The Kier molecular flexibility index (Phi) is 6.88. The minimum absolute atomic E-state index is 0.157. The molecule has 0 fully saturated rings. The second-order valence-corrected chi connectivity index (χ2v) is 6.76. The molecule has 3 N–H and O–H groups in total. The maximum absolute atomic E-state index is 9.44. The van der Waals surface area contributed by atoms with Gasteiger partial charge >= 0.3 is 0 Å². The molecule has 0 aliphatic carbocycles. The van der Waals surface area contributed by atoms with E-state index >= 15 is 0 Å². The maximum atomic E-state index is 9.44. The number of benzene rings is 3. The molecule has 5 nitrogen and oxygen atoms in total. The Hall–Kier alpha value is -2.86. The van der Waals surface area contributed by atoms with E-state index in [1.165, 1.54) is 0 Å². The van der Waals surface area contributed by atoms with Crippen LogP contribution in [0.3, 0.4) is 0 Å². The minimum atomic E-state index is -0.910. The zero-order chi connectivity index (χ0) is 20.7. The lowest BCUT2D eigenvalue weighted by Gasteiger charge is -2.36. The van der Waals surface area contributed by atoms with Crippen molar-refractivity contribution in [2.75, 3.05) is 27.4 Å². The third-order valence-corrected chi connectivity index (χ3v) is 4.92. The first-order valence-electron chi connectivity index (χ1n) is 9.49. The number of ether oxygens (including phenoxy) is 3. The number of methoxy groups -OCH3 is 2. The van der Waals surface area contributed by atoms with Gasteiger partial charge in [0.2, 0.25) is 0 Å². The Bertz CT molecular complexity index is 832. The fourth-order valence-electron chi connectivity index (χ4n) is 3.36. The maximum Gasteiger partial charge on any atom is 0.143 e. The van der Waals surface area contributed by atoms with Gasteiger partial charge in [0.25, 0.3) is 0 Å². The highest BCUT2D eigenvalue weighted by atomic mass is 16.5. The largest absolute Gasteiger partial charge is 0.497 e. The summed E-state index contributed by atoms with van der Waals surface area (Å²) in [6.45, 7) is 0.0273. The molecule has 29 heavy (non-hydrogen) atoms. The van der Waals surface area contributed by atoms with Crippen LogP contribution in [0.1, 0.15) is 16.7 Å². The second kappa shape index (κ2) is 9.56. The van der Waals surface area contributed by atoms with Crippen molar-refractivity contribution >= 4 is 0 Å². The van der Waals surface area contributed by atoms with Crippen molar-refractivity contribution in [1.29, 1.82) is 0 Å². The number of nitrogens with two attached hydrogens (primary N) is 1. The first-order chi connectivity index (χ1) is 14.1. The van der Waals surface area contributed by atoms with Crippen LogP contribution in [-0.2, 0) is 10.3 Å². The molecule has 0 aromatic heterocycles. The monoisotopic (exact) mass is 393 g/mol. The van der Waals surface area contributed by atoms with Crippen molar-refractivity contribution in [3.05, 3.63) is 95.6 Å². The standard InChI is InChI=1S/C24H27NO4/c1-27-22-12-8-19(9-13-22)24(29-17-21(25)16-26,18-6-4-3-5-7-18)20-10-14-23(28-2)15-11-20/h3-15,21,26H,16-17,25H2,1-2H3/t21-/m1/s1. The van der Waals surface area contributed by atoms with Crippen molar-refractivity contribution in [2.24, 2.45) is 5.73 Å². The third kappa shape index (κ3) is 4.43. The molecule has 3 aromatic carbocycles. The third-order valence-electron chi connectivity index (χ3n) is 4.92. The van der Waals surface area contributed by atoms with Gasteiger partial charge in [0, 0.05) is 0 Å². The van der Waals surface area contributed by atoms with Crippen LogP contribution in [0.2, 0.25) is 0 Å². The van der Waals surface area contributed by atoms with E-state index in [0.29, 0.717) is 0 Å². The molecule has 0 amide bonds. The van der Waals surface area contributed by atoms with Gasteiger partial charge in [-0.1, -0.05) is 54.6 Å². The number of rotatable bonds is 9. The van der Waals surface area contributed by atoms with E-state index in [1.807, 2.05) is 78.9 Å². The van der Waals surface area contributed by atoms with Crippen LogP contribution in [-0.4, -0.2) is 38.6 Å². The Balaban J connectivity index is 2.21. The van der Waals surface area contributed by atoms with Crippen LogP contribution < -0.4 is 15.2 Å². The van der Waals surface area contributed by atoms with Crippen molar-refractivity contribution in [3.8, 4) is 11.5 Å². The van der Waals surface area contributed by atoms with Crippen molar-refractivity contribution in [1.82, 2.24) is 0 Å². The van der Waals surface area contributed by atoms with Crippen LogP contribution in [0.4, 0.5) is 0 Å². The molecular weight excluding hydrogens is 366 g/mol. The predicted molar refractivity (Wildman–Crippen MR) is 113 cm³/mol. The summed E-state index contributed by atoms with van der Waals surface area (Å²) < 4.78 is 17.2. The van der Waals surface area contributed by atoms with Gasteiger partial charge in [0.1, 0.15) is 17.1 Å². The van der Waals surface area contributed by atoms with Gasteiger partial charge in [-0.25, -0.2) is 0 Å². The van der Waals surface area contributed by atoms with E-state index in [2.05, 4.69) is 0 Å². The molecule has 0 saturated carbocycles. The number of hydrogen-bond donors (Lipinski definition) is 2. The van der Waals surface area contributed by atoms with E-state index in [1.54, 1.807) is 14.2 Å². The fourth-order valence-corrected chi connectivity index (χ4v) is 3.36. The fraction of sp³-hybridized carbons (Fsp3) is 0.250. The van der Waals surface area contributed by atoms with E-state index in [9.17, 15) is 5.11 Å². The molecule has 1 atom stereocenters. The summed E-state index contributed by atoms with van der Waals surface area (Å²) in [5.41, 5.74) is 7.90. The van der Waals surface area contributed by atoms with Crippen LogP contribution in [0.5, 0.6) is 11.5 Å². The Morgan fingerprint density at radius 3 is 1.62 bits per heavy atom. The highest BCUT2D eigenvalue weighted by molar-refractivity contribution is 5.49. The molecule has 3 rings (SSSR count). The molecule has 0 bridgehead atoms. The summed E-state index contributed by atoms with van der Waals surface area (Å²) in [4.78, 5) is 0. The summed E-state index contributed by atoms with van der Waals surface area (Å²) in [5, 5.41) is 9.44. The molecule has 0 saturated heterocycles. The summed E-state index contributed by atoms with van der Waals surface area (Å²) in [6, 6.07) is 25.1. The Labute approximate surface area is 171 Å². The SMILES string of the molecule is COc1ccc(C(OC[C@H](N)CO)(c2ccccc2)c2ccc(OC)cc2)cc1. The molecule has 3 aromatic rings. The summed E-state index contributed by atoms with van der Waals surface area (Å²) >= 11 is 0. The Morgan fingerprint density at radius 1 is 0.759 bits per heavy atom. The summed E-state index contributed by atoms with van der Waals surface area (Å²) in [7, 11) is 3.28. The first kappa shape index (κ1) is 20.9. The average Bonchev–Trinajstić information content (AvgIpc) is 2.80. The zero-order valence-electron chi connectivity index (χ0n) is 16.7. The van der Waals surface area contributed by atoms with Gasteiger partial charge < -0.3 is 25.1 Å². The zero-order valence-corrected chi connectivity index (χ0v) is 16.7. The highest BCUT2D eigenvalue weighted by Gasteiger charge is 2.38. The minimum Gasteiger partial charge on any atom is -0.497 e. The molecule has 0 spiro atoms. The lowest BCUT2D eigenvalue weighted by atomic mass is 9.80.